The number of rotatable bonds is 4. The zero-order valence-corrected chi connectivity index (χ0v) is 13.7. The highest BCUT2D eigenvalue weighted by molar-refractivity contribution is 7.84. The van der Waals surface area contributed by atoms with E-state index in [9.17, 15) is 8.60 Å². The minimum atomic E-state index is -1.19. The SMILES string of the molecule is C[C@@H](Nc1c([S@](C)=O)cnc2cc(F)ccc12)c1ccccc1. The number of nitrogens with zero attached hydrogens (tertiary/aromatic N) is 1. The molecule has 0 saturated heterocycles. The van der Waals surface area contributed by atoms with Crippen LogP contribution in [-0.2, 0) is 10.8 Å². The van der Waals surface area contributed by atoms with Crippen LogP contribution in [0.2, 0.25) is 0 Å². The molecule has 1 heterocycles. The number of halogens is 1. The molecule has 23 heavy (non-hydrogen) atoms. The van der Waals surface area contributed by atoms with Gasteiger partial charge in [-0.3, -0.25) is 9.19 Å². The molecular formula is C18H17FN2OS. The van der Waals surface area contributed by atoms with Gasteiger partial charge in [0.1, 0.15) is 5.82 Å². The summed E-state index contributed by atoms with van der Waals surface area (Å²) >= 11 is 0. The Balaban J connectivity index is 2.10. The maximum Gasteiger partial charge on any atom is 0.125 e. The second-order valence-corrected chi connectivity index (χ2v) is 6.74. The molecule has 0 amide bonds. The predicted molar refractivity (Wildman–Crippen MR) is 92.5 cm³/mol. The lowest BCUT2D eigenvalue weighted by Gasteiger charge is -2.19. The van der Waals surface area contributed by atoms with Gasteiger partial charge in [-0.1, -0.05) is 30.3 Å². The van der Waals surface area contributed by atoms with Crippen molar-refractivity contribution in [1.82, 2.24) is 4.98 Å². The summed E-state index contributed by atoms with van der Waals surface area (Å²) < 4.78 is 25.5. The number of hydrogen-bond donors (Lipinski definition) is 1. The standard InChI is InChI=1S/C18H17FN2OS/c1-12(13-6-4-3-5-7-13)21-18-15-9-8-14(19)10-16(15)20-11-17(18)23(2)22/h3-12H,1-2H3,(H,20,21)/t12-,23+/m1/s1. The van der Waals surface area contributed by atoms with E-state index in [0.29, 0.717) is 10.4 Å². The summed E-state index contributed by atoms with van der Waals surface area (Å²) in [6, 6.07) is 14.5. The number of hydrogen-bond acceptors (Lipinski definition) is 3. The second kappa shape index (κ2) is 6.46. The topological polar surface area (TPSA) is 42.0 Å². The third-order valence-electron chi connectivity index (χ3n) is 3.77. The summed E-state index contributed by atoms with van der Waals surface area (Å²) in [6.45, 7) is 2.04. The number of benzene rings is 2. The highest BCUT2D eigenvalue weighted by Gasteiger charge is 2.15. The van der Waals surface area contributed by atoms with Crippen molar-refractivity contribution in [3.05, 3.63) is 66.1 Å². The number of nitrogens with one attached hydrogen (secondary N) is 1. The lowest BCUT2D eigenvalue weighted by molar-refractivity contribution is 0.629. The number of aromatic nitrogens is 1. The van der Waals surface area contributed by atoms with Crippen molar-refractivity contribution < 1.29 is 8.60 Å². The first-order valence-corrected chi connectivity index (χ1v) is 8.85. The lowest BCUT2D eigenvalue weighted by atomic mass is 10.1. The van der Waals surface area contributed by atoms with Crippen LogP contribution in [0.4, 0.5) is 10.1 Å². The average Bonchev–Trinajstić information content (AvgIpc) is 2.55. The summed E-state index contributed by atoms with van der Waals surface area (Å²) in [5.74, 6) is -0.336. The third-order valence-corrected chi connectivity index (χ3v) is 4.70. The fourth-order valence-corrected chi connectivity index (χ4v) is 3.21. The van der Waals surface area contributed by atoms with E-state index >= 15 is 0 Å². The van der Waals surface area contributed by atoms with Gasteiger partial charge in [-0.15, -0.1) is 0 Å². The van der Waals surface area contributed by atoms with Gasteiger partial charge in [-0.2, -0.15) is 0 Å². The summed E-state index contributed by atoms with van der Waals surface area (Å²) in [4.78, 5) is 4.85. The normalized spacial score (nSPS) is 13.7. The summed E-state index contributed by atoms with van der Waals surface area (Å²) in [5.41, 5.74) is 2.40. The molecule has 2 aromatic carbocycles. The molecule has 2 atom stereocenters. The van der Waals surface area contributed by atoms with Gasteiger partial charge in [-0.05, 0) is 24.6 Å². The van der Waals surface area contributed by atoms with Crippen molar-refractivity contribution in [1.29, 1.82) is 0 Å². The van der Waals surface area contributed by atoms with Crippen LogP contribution in [0.3, 0.4) is 0 Å². The Bertz CT molecular complexity index is 868. The van der Waals surface area contributed by atoms with E-state index in [1.54, 1.807) is 18.5 Å². The quantitative estimate of drug-likeness (QED) is 0.777. The predicted octanol–water partition coefficient (Wildman–Crippen LogP) is 4.28. The Labute approximate surface area is 137 Å². The van der Waals surface area contributed by atoms with Gasteiger partial charge < -0.3 is 5.32 Å². The van der Waals surface area contributed by atoms with Gasteiger partial charge in [0.25, 0.3) is 0 Å². The van der Waals surface area contributed by atoms with Crippen LogP contribution in [0.25, 0.3) is 10.9 Å². The maximum atomic E-state index is 13.4. The Hall–Kier alpha value is -2.27. The highest BCUT2D eigenvalue weighted by Crippen LogP contribution is 2.31. The third kappa shape index (κ3) is 3.24. The Morgan fingerprint density at radius 2 is 1.91 bits per heavy atom. The van der Waals surface area contributed by atoms with E-state index in [2.05, 4.69) is 10.3 Å². The monoisotopic (exact) mass is 328 g/mol. The fourth-order valence-electron chi connectivity index (χ4n) is 2.56. The molecule has 0 aliphatic heterocycles. The second-order valence-electron chi connectivity index (χ2n) is 5.39. The minimum Gasteiger partial charge on any atom is -0.377 e. The zero-order valence-electron chi connectivity index (χ0n) is 12.9. The number of fused-ring (bicyclic) bond motifs is 1. The van der Waals surface area contributed by atoms with Crippen LogP contribution in [0.15, 0.2) is 59.6 Å². The van der Waals surface area contributed by atoms with Crippen molar-refractivity contribution in [2.24, 2.45) is 0 Å². The Morgan fingerprint density at radius 3 is 2.61 bits per heavy atom. The molecule has 118 valence electrons. The fraction of sp³-hybridized carbons (Fsp3) is 0.167. The molecule has 0 aliphatic rings. The molecule has 0 saturated carbocycles. The molecule has 0 aliphatic carbocycles. The number of anilines is 1. The van der Waals surface area contributed by atoms with Crippen LogP contribution in [0, 0.1) is 5.82 Å². The van der Waals surface area contributed by atoms with E-state index in [1.807, 2.05) is 37.3 Å². The summed E-state index contributed by atoms with van der Waals surface area (Å²) in [5, 5.41) is 4.18. The van der Waals surface area contributed by atoms with Crippen LogP contribution >= 0.6 is 0 Å². The van der Waals surface area contributed by atoms with E-state index in [1.165, 1.54) is 12.1 Å². The summed E-state index contributed by atoms with van der Waals surface area (Å²) in [6.07, 6.45) is 3.17. The van der Waals surface area contributed by atoms with Crippen molar-refractivity contribution in [3.8, 4) is 0 Å². The first kappa shape index (κ1) is 15.6. The van der Waals surface area contributed by atoms with Crippen molar-refractivity contribution in [3.63, 3.8) is 0 Å². The molecule has 5 heteroatoms. The molecule has 0 spiro atoms. The molecule has 0 bridgehead atoms. The maximum absolute atomic E-state index is 13.4. The van der Waals surface area contributed by atoms with Crippen LogP contribution in [0.1, 0.15) is 18.5 Å². The molecule has 0 unspecified atom stereocenters. The summed E-state index contributed by atoms with van der Waals surface area (Å²) in [7, 11) is -1.19. The van der Waals surface area contributed by atoms with Crippen LogP contribution < -0.4 is 5.32 Å². The molecule has 1 aromatic heterocycles. The van der Waals surface area contributed by atoms with E-state index in [4.69, 9.17) is 0 Å². The molecule has 0 fully saturated rings. The van der Waals surface area contributed by atoms with Gasteiger partial charge in [0.2, 0.25) is 0 Å². The van der Waals surface area contributed by atoms with E-state index in [0.717, 1.165) is 16.6 Å². The van der Waals surface area contributed by atoms with Gasteiger partial charge in [0.15, 0.2) is 0 Å². The van der Waals surface area contributed by atoms with Crippen LogP contribution in [-0.4, -0.2) is 15.4 Å². The Morgan fingerprint density at radius 1 is 1.17 bits per heavy atom. The molecule has 1 N–H and O–H groups in total. The van der Waals surface area contributed by atoms with E-state index in [-0.39, 0.29) is 11.9 Å². The first-order valence-electron chi connectivity index (χ1n) is 7.29. The molecule has 0 radical (unpaired) electrons. The zero-order chi connectivity index (χ0) is 16.4. The van der Waals surface area contributed by atoms with Crippen LogP contribution in [0.5, 0.6) is 0 Å². The Kier molecular flexibility index (Phi) is 4.39. The number of pyridine rings is 1. The largest absolute Gasteiger partial charge is 0.377 e. The van der Waals surface area contributed by atoms with E-state index < -0.39 is 10.8 Å². The highest BCUT2D eigenvalue weighted by atomic mass is 32.2. The van der Waals surface area contributed by atoms with Crippen molar-refractivity contribution in [2.75, 3.05) is 11.6 Å². The average molecular weight is 328 g/mol. The minimum absolute atomic E-state index is 0.0224. The van der Waals surface area contributed by atoms with Gasteiger partial charge in [0.05, 0.1) is 26.9 Å². The lowest BCUT2D eigenvalue weighted by Crippen LogP contribution is -2.10. The van der Waals surface area contributed by atoms with Gasteiger partial charge >= 0.3 is 0 Å². The smallest absolute Gasteiger partial charge is 0.125 e. The molecular weight excluding hydrogens is 311 g/mol. The molecule has 3 nitrogen and oxygen atoms in total. The van der Waals surface area contributed by atoms with Gasteiger partial charge in [-0.25, -0.2) is 4.39 Å². The van der Waals surface area contributed by atoms with Gasteiger partial charge in [0, 0.05) is 29.9 Å². The van der Waals surface area contributed by atoms with Crippen molar-refractivity contribution in [2.45, 2.75) is 17.9 Å². The van der Waals surface area contributed by atoms with Crippen molar-refractivity contribution >= 4 is 27.4 Å². The molecule has 3 aromatic rings. The molecule has 3 rings (SSSR count). The first-order chi connectivity index (χ1) is 11.1.